The zero-order valence-electron chi connectivity index (χ0n) is 17.8. The lowest BCUT2D eigenvalue weighted by Crippen LogP contribution is -2.29. The number of carbonyl (C=O) groups is 2. The fourth-order valence-corrected chi connectivity index (χ4v) is 3.89. The molecule has 0 saturated heterocycles. The van der Waals surface area contributed by atoms with Gasteiger partial charge in [-0.1, -0.05) is 6.07 Å². The molecule has 8 heteroatoms. The van der Waals surface area contributed by atoms with Crippen molar-refractivity contribution in [3.05, 3.63) is 58.2 Å². The molecular weight excluding hydrogens is 394 g/mol. The van der Waals surface area contributed by atoms with Crippen molar-refractivity contribution in [1.29, 1.82) is 5.41 Å². The van der Waals surface area contributed by atoms with Crippen LogP contribution in [-0.2, 0) is 9.53 Å². The summed E-state index contributed by atoms with van der Waals surface area (Å²) in [5.41, 5.74) is 5.17. The number of ether oxygens (including phenoxy) is 1. The van der Waals surface area contributed by atoms with Gasteiger partial charge in [-0.2, -0.15) is 0 Å². The summed E-state index contributed by atoms with van der Waals surface area (Å²) in [5, 5.41) is 13.8. The SMILES string of the molecule is CN/C1=C(\C=N)c2ccc3c(c2)/C(=C/c2[nH]c(C)cc2C(=O)N(C)CCCO1)C(=O)N3. The summed E-state index contributed by atoms with van der Waals surface area (Å²) >= 11 is 0. The number of rotatable bonds is 2. The van der Waals surface area contributed by atoms with E-state index in [1.165, 1.54) is 6.21 Å². The molecule has 0 fully saturated rings. The van der Waals surface area contributed by atoms with Crippen LogP contribution >= 0.6 is 0 Å². The third-order valence-corrected chi connectivity index (χ3v) is 5.46. The van der Waals surface area contributed by atoms with Crippen LogP contribution in [0.3, 0.4) is 0 Å². The number of allylic oxidation sites excluding steroid dienone is 1. The molecule has 2 aliphatic heterocycles. The molecular formula is C23H25N5O3. The Morgan fingerprint density at radius 2 is 2.03 bits per heavy atom. The highest BCUT2D eigenvalue weighted by molar-refractivity contribution is 6.35. The van der Waals surface area contributed by atoms with E-state index >= 15 is 0 Å². The zero-order valence-corrected chi connectivity index (χ0v) is 17.8. The maximum Gasteiger partial charge on any atom is 0.256 e. The summed E-state index contributed by atoms with van der Waals surface area (Å²) in [6.45, 7) is 2.78. The van der Waals surface area contributed by atoms with E-state index in [9.17, 15) is 9.59 Å². The largest absolute Gasteiger partial charge is 0.479 e. The number of carbonyl (C=O) groups excluding carboxylic acids is 2. The van der Waals surface area contributed by atoms with Crippen LogP contribution in [0.25, 0.3) is 17.2 Å². The number of aromatic nitrogens is 1. The smallest absolute Gasteiger partial charge is 0.256 e. The first-order valence-electron chi connectivity index (χ1n) is 10.1. The van der Waals surface area contributed by atoms with Crippen molar-refractivity contribution in [3.63, 3.8) is 0 Å². The van der Waals surface area contributed by atoms with Crippen LogP contribution in [0.15, 0.2) is 30.1 Å². The van der Waals surface area contributed by atoms with Gasteiger partial charge in [0.05, 0.1) is 29.0 Å². The molecule has 3 heterocycles. The van der Waals surface area contributed by atoms with Gasteiger partial charge in [0.25, 0.3) is 11.8 Å². The molecule has 1 aromatic heterocycles. The molecule has 2 amide bonds. The monoisotopic (exact) mass is 419 g/mol. The van der Waals surface area contributed by atoms with E-state index in [0.717, 1.165) is 11.3 Å². The molecule has 1 aromatic carbocycles. The van der Waals surface area contributed by atoms with Gasteiger partial charge in [0.15, 0.2) is 5.88 Å². The minimum Gasteiger partial charge on any atom is -0.479 e. The molecule has 0 saturated carbocycles. The Morgan fingerprint density at radius 1 is 1.23 bits per heavy atom. The fourth-order valence-electron chi connectivity index (χ4n) is 3.89. The third kappa shape index (κ3) is 3.72. The number of aryl methyl sites for hydroxylation is 1. The van der Waals surface area contributed by atoms with Crippen molar-refractivity contribution in [2.24, 2.45) is 0 Å². The lowest BCUT2D eigenvalue weighted by molar-refractivity contribution is -0.110. The Kier molecular flexibility index (Phi) is 5.37. The van der Waals surface area contributed by atoms with Gasteiger partial charge in [0.2, 0.25) is 0 Å². The molecule has 0 spiro atoms. The van der Waals surface area contributed by atoms with Gasteiger partial charge in [-0.05, 0) is 43.2 Å². The minimum absolute atomic E-state index is 0.122. The lowest BCUT2D eigenvalue weighted by Gasteiger charge is -2.18. The molecule has 2 aliphatic rings. The Hall–Kier alpha value is -3.81. The number of aromatic amines is 1. The molecule has 0 unspecified atom stereocenters. The van der Waals surface area contributed by atoms with Crippen molar-refractivity contribution in [3.8, 4) is 0 Å². The number of hydrogen-bond acceptors (Lipinski definition) is 5. The first-order valence-corrected chi connectivity index (χ1v) is 10.1. The average molecular weight is 419 g/mol. The summed E-state index contributed by atoms with van der Waals surface area (Å²) in [7, 11) is 3.49. The van der Waals surface area contributed by atoms with E-state index in [2.05, 4.69) is 15.6 Å². The van der Waals surface area contributed by atoms with Gasteiger partial charge >= 0.3 is 0 Å². The highest BCUT2D eigenvalue weighted by Gasteiger charge is 2.27. The Bertz CT molecular complexity index is 1140. The van der Waals surface area contributed by atoms with Crippen LogP contribution in [0.5, 0.6) is 0 Å². The average Bonchev–Trinajstić information content (AvgIpc) is 3.28. The van der Waals surface area contributed by atoms with Crippen LogP contribution in [0, 0.1) is 12.3 Å². The summed E-state index contributed by atoms with van der Waals surface area (Å²) in [5.74, 6) is 0.117. The van der Waals surface area contributed by atoms with Crippen molar-refractivity contribution < 1.29 is 14.3 Å². The van der Waals surface area contributed by atoms with Crippen LogP contribution in [0.4, 0.5) is 5.69 Å². The first kappa shape index (κ1) is 20.5. The van der Waals surface area contributed by atoms with Gasteiger partial charge in [-0.25, -0.2) is 0 Å². The van der Waals surface area contributed by atoms with Crippen LogP contribution in [0.2, 0.25) is 0 Å². The molecule has 2 aromatic rings. The van der Waals surface area contributed by atoms with Crippen molar-refractivity contribution >= 4 is 40.9 Å². The molecule has 4 rings (SSSR count). The summed E-state index contributed by atoms with van der Waals surface area (Å²) < 4.78 is 5.90. The number of H-pyrrole nitrogens is 1. The molecule has 0 radical (unpaired) electrons. The second-order valence-electron chi connectivity index (χ2n) is 7.62. The Morgan fingerprint density at radius 3 is 2.77 bits per heavy atom. The second-order valence-corrected chi connectivity index (χ2v) is 7.62. The summed E-state index contributed by atoms with van der Waals surface area (Å²) in [6.07, 6.45) is 3.59. The minimum atomic E-state index is -0.235. The van der Waals surface area contributed by atoms with Gasteiger partial charge < -0.3 is 30.7 Å². The summed E-state index contributed by atoms with van der Waals surface area (Å²) in [6, 6.07) is 7.34. The quantitative estimate of drug-likeness (QED) is 0.561. The van der Waals surface area contributed by atoms with E-state index in [-0.39, 0.29) is 11.8 Å². The number of fused-ring (bicyclic) bond motifs is 2. The number of hydrogen-bond donors (Lipinski definition) is 4. The van der Waals surface area contributed by atoms with Gasteiger partial charge in [0.1, 0.15) is 0 Å². The number of anilines is 1. The van der Waals surface area contributed by atoms with Gasteiger partial charge in [-0.3, -0.25) is 9.59 Å². The maximum absolute atomic E-state index is 13.1. The molecule has 31 heavy (non-hydrogen) atoms. The highest BCUT2D eigenvalue weighted by Crippen LogP contribution is 2.36. The predicted octanol–water partition coefficient (Wildman–Crippen LogP) is 2.85. The zero-order chi connectivity index (χ0) is 22.1. The topological polar surface area (TPSA) is 110 Å². The molecule has 0 atom stereocenters. The van der Waals surface area contributed by atoms with E-state index in [4.69, 9.17) is 10.1 Å². The van der Waals surface area contributed by atoms with Crippen molar-refractivity contribution in [2.45, 2.75) is 13.3 Å². The van der Waals surface area contributed by atoms with Crippen LogP contribution in [0.1, 0.15) is 39.3 Å². The van der Waals surface area contributed by atoms with Crippen LogP contribution in [-0.4, -0.2) is 55.2 Å². The Labute approximate surface area is 180 Å². The highest BCUT2D eigenvalue weighted by atomic mass is 16.5. The maximum atomic E-state index is 13.1. The number of nitrogens with one attached hydrogen (secondary N) is 4. The molecule has 160 valence electrons. The lowest BCUT2D eigenvalue weighted by atomic mass is 9.99. The van der Waals surface area contributed by atoms with E-state index < -0.39 is 0 Å². The molecule has 8 nitrogen and oxygen atoms in total. The number of nitrogens with zero attached hydrogens (tertiary/aromatic N) is 1. The third-order valence-electron chi connectivity index (χ3n) is 5.46. The summed E-state index contributed by atoms with van der Waals surface area (Å²) in [4.78, 5) is 30.6. The van der Waals surface area contributed by atoms with E-state index in [0.29, 0.717) is 59.1 Å². The molecule has 2 bridgehead atoms. The van der Waals surface area contributed by atoms with E-state index in [1.807, 2.05) is 25.1 Å². The standard InChI is InChI=1S/C23H25N5O3/c1-13-9-17-20(26-13)11-16-15-10-14(5-6-19(15)27-21(16)29)18(12-24)22(25-2)31-8-4-7-28(3)23(17)30/h5-6,9-12,24-26H,4,7-8H2,1-3H3,(H,27,29)/b16-11-,22-18-,24-12?. The predicted molar refractivity (Wildman–Crippen MR) is 121 cm³/mol. The normalized spacial score (nSPS) is 20.6. The number of amides is 2. The van der Waals surface area contributed by atoms with E-state index in [1.54, 1.807) is 31.1 Å². The van der Waals surface area contributed by atoms with Crippen LogP contribution < -0.4 is 10.6 Å². The van der Waals surface area contributed by atoms with Crippen molar-refractivity contribution in [2.75, 3.05) is 32.6 Å². The second kappa shape index (κ2) is 8.14. The van der Waals surface area contributed by atoms with Gasteiger partial charge in [0, 0.05) is 43.8 Å². The first-order chi connectivity index (χ1) is 14.9. The van der Waals surface area contributed by atoms with Gasteiger partial charge in [-0.15, -0.1) is 0 Å². The molecule has 0 aliphatic carbocycles. The van der Waals surface area contributed by atoms with Crippen molar-refractivity contribution in [1.82, 2.24) is 15.2 Å². The number of benzene rings is 1. The molecule has 4 N–H and O–H groups in total. The fraction of sp³-hybridized carbons (Fsp3) is 0.261. The Balaban J connectivity index is 1.93.